The fourth-order valence-electron chi connectivity index (χ4n) is 2.42. The van der Waals surface area contributed by atoms with Crippen molar-refractivity contribution in [1.29, 1.82) is 0 Å². The molecule has 4 nitrogen and oxygen atoms in total. The Morgan fingerprint density at radius 1 is 1.26 bits per heavy atom. The summed E-state index contributed by atoms with van der Waals surface area (Å²) in [5.74, 6) is -0.134. The summed E-state index contributed by atoms with van der Waals surface area (Å²) in [6, 6.07) is 7.76. The lowest BCUT2D eigenvalue weighted by Gasteiger charge is -2.39. The van der Waals surface area contributed by atoms with E-state index in [1.165, 1.54) is 0 Å². The molecule has 0 radical (unpaired) electrons. The molecule has 1 heterocycles. The van der Waals surface area contributed by atoms with Crippen molar-refractivity contribution < 1.29 is 9.59 Å². The number of carbonyl (C=O) groups is 2. The Hall–Kier alpha value is -1.84. The number of nitrogens with zero attached hydrogens (tertiary/aromatic N) is 1. The number of amides is 2. The molecule has 1 unspecified atom stereocenters. The Morgan fingerprint density at radius 3 is 2.58 bits per heavy atom. The Morgan fingerprint density at radius 2 is 1.95 bits per heavy atom. The molecule has 1 aromatic rings. The maximum absolute atomic E-state index is 12.6. The second-order valence-electron chi connectivity index (χ2n) is 5.11. The zero-order valence-corrected chi connectivity index (χ0v) is 11.7. The van der Waals surface area contributed by atoms with Crippen LogP contribution in [-0.4, -0.2) is 23.9 Å². The molecule has 1 fully saturated rings. The lowest BCUT2D eigenvalue weighted by Crippen LogP contribution is -2.65. The number of rotatable bonds is 3. The highest BCUT2D eigenvalue weighted by atomic mass is 16.2. The number of anilines is 1. The van der Waals surface area contributed by atoms with Gasteiger partial charge in [0.2, 0.25) is 5.91 Å². The molecule has 0 saturated carbocycles. The Labute approximate surface area is 113 Å². The van der Waals surface area contributed by atoms with Crippen LogP contribution in [0.2, 0.25) is 0 Å². The van der Waals surface area contributed by atoms with E-state index in [-0.39, 0.29) is 18.4 Å². The van der Waals surface area contributed by atoms with Gasteiger partial charge in [0.05, 0.1) is 0 Å². The van der Waals surface area contributed by atoms with Crippen molar-refractivity contribution in [3.63, 3.8) is 0 Å². The van der Waals surface area contributed by atoms with Crippen LogP contribution in [0.4, 0.5) is 5.69 Å². The van der Waals surface area contributed by atoms with Crippen LogP contribution in [-0.2, 0) is 16.0 Å². The largest absolute Gasteiger partial charge is 0.340 e. The average molecular weight is 260 g/mol. The molecule has 1 aromatic carbocycles. The third-order valence-corrected chi connectivity index (χ3v) is 3.80. The molecule has 0 spiro atoms. The molecule has 0 aliphatic carbocycles. The third kappa shape index (κ3) is 2.35. The van der Waals surface area contributed by atoms with Crippen molar-refractivity contribution in [3.05, 3.63) is 29.8 Å². The zero-order chi connectivity index (χ0) is 14.0. The van der Waals surface area contributed by atoms with E-state index in [4.69, 9.17) is 0 Å². The molecule has 1 N–H and O–H groups in total. The van der Waals surface area contributed by atoms with Crippen LogP contribution in [0.5, 0.6) is 0 Å². The van der Waals surface area contributed by atoms with E-state index in [0.717, 1.165) is 17.7 Å². The maximum Gasteiger partial charge on any atom is 0.252 e. The van der Waals surface area contributed by atoms with Gasteiger partial charge in [-0.2, -0.15) is 0 Å². The Bertz CT molecular complexity index is 513. The first-order valence-corrected chi connectivity index (χ1v) is 6.72. The molecule has 1 atom stereocenters. The van der Waals surface area contributed by atoms with Gasteiger partial charge in [-0.1, -0.05) is 32.0 Å². The molecular weight excluding hydrogens is 240 g/mol. The molecule has 1 saturated heterocycles. The van der Waals surface area contributed by atoms with Crippen molar-refractivity contribution >= 4 is 17.5 Å². The summed E-state index contributed by atoms with van der Waals surface area (Å²) in [4.78, 5) is 26.1. The predicted octanol–water partition coefficient (Wildman–Crippen LogP) is 1.88. The minimum absolute atomic E-state index is 0.0319. The van der Waals surface area contributed by atoms with Gasteiger partial charge in [0, 0.05) is 5.69 Å². The van der Waals surface area contributed by atoms with E-state index in [9.17, 15) is 9.59 Å². The molecule has 4 heteroatoms. The van der Waals surface area contributed by atoms with Gasteiger partial charge in [-0.15, -0.1) is 0 Å². The van der Waals surface area contributed by atoms with E-state index in [2.05, 4.69) is 5.32 Å². The van der Waals surface area contributed by atoms with Crippen molar-refractivity contribution in [2.45, 2.75) is 39.2 Å². The summed E-state index contributed by atoms with van der Waals surface area (Å²) in [6.45, 7) is 5.85. The fourth-order valence-corrected chi connectivity index (χ4v) is 2.42. The molecule has 19 heavy (non-hydrogen) atoms. The molecule has 2 amide bonds. The number of nitrogens with one attached hydrogen (secondary N) is 1. The van der Waals surface area contributed by atoms with Gasteiger partial charge in [0.1, 0.15) is 12.1 Å². The van der Waals surface area contributed by atoms with Crippen LogP contribution >= 0.6 is 0 Å². The van der Waals surface area contributed by atoms with Gasteiger partial charge in [-0.05, 0) is 31.4 Å². The lowest BCUT2D eigenvalue weighted by molar-refractivity contribution is -0.135. The first-order chi connectivity index (χ1) is 9.01. The summed E-state index contributed by atoms with van der Waals surface area (Å²) in [5.41, 5.74) is 1.14. The summed E-state index contributed by atoms with van der Waals surface area (Å²) in [5, 5.41) is 2.80. The smallest absolute Gasteiger partial charge is 0.252 e. The number of aryl methyl sites for hydroxylation is 1. The van der Waals surface area contributed by atoms with Crippen LogP contribution in [0.25, 0.3) is 0 Å². The quantitative estimate of drug-likeness (QED) is 0.902. The topological polar surface area (TPSA) is 49.4 Å². The average Bonchev–Trinajstić information content (AvgIpc) is 2.42. The fraction of sp³-hybridized carbons (Fsp3) is 0.467. The molecule has 0 bridgehead atoms. The number of carbonyl (C=O) groups excluding carboxylic acids is 2. The van der Waals surface area contributed by atoms with E-state index >= 15 is 0 Å². The van der Waals surface area contributed by atoms with Crippen molar-refractivity contribution in [2.24, 2.45) is 0 Å². The van der Waals surface area contributed by atoms with Crippen LogP contribution in [0.15, 0.2) is 24.3 Å². The third-order valence-electron chi connectivity index (χ3n) is 3.80. The summed E-state index contributed by atoms with van der Waals surface area (Å²) < 4.78 is 0. The number of para-hydroxylation sites is 1. The Kier molecular flexibility index (Phi) is 3.60. The van der Waals surface area contributed by atoms with Crippen LogP contribution in [0, 0.1) is 0 Å². The zero-order valence-electron chi connectivity index (χ0n) is 11.7. The van der Waals surface area contributed by atoms with E-state index in [1.54, 1.807) is 11.8 Å². The monoisotopic (exact) mass is 260 g/mol. The Balaban J connectivity index is 2.43. The van der Waals surface area contributed by atoms with Crippen LogP contribution in [0.3, 0.4) is 0 Å². The van der Waals surface area contributed by atoms with E-state index in [0.29, 0.717) is 6.42 Å². The number of piperazine rings is 1. The van der Waals surface area contributed by atoms with Gasteiger partial charge in [0.15, 0.2) is 0 Å². The molecule has 0 aromatic heterocycles. The number of benzene rings is 1. The predicted molar refractivity (Wildman–Crippen MR) is 75.0 cm³/mol. The summed E-state index contributed by atoms with van der Waals surface area (Å²) in [6.07, 6.45) is 1.42. The minimum Gasteiger partial charge on any atom is -0.340 e. The first kappa shape index (κ1) is 13.6. The van der Waals surface area contributed by atoms with Gasteiger partial charge in [0.25, 0.3) is 5.91 Å². The van der Waals surface area contributed by atoms with Crippen molar-refractivity contribution in [1.82, 2.24) is 5.32 Å². The maximum atomic E-state index is 12.6. The number of hydrogen-bond donors (Lipinski definition) is 1. The highest BCUT2D eigenvalue weighted by Gasteiger charge is 2.42. The summed E-state index contributed by atoms with van der Waals surface area (Å²) in [7, 11) is 0. The highest BCUT2D eigenvalue weighted by Crippen LogP contribution is 2.27. The van der Waals surface area contributed by atoms with Crippen molar-refractivity contribution in [2.75, 3.05) is 11.4 Å². The standard InChI is InChI=1S/C15H20N2O2/c1-4-11-8-6-7-9-12(11)17-10-13(18)16-15(3,5-2)14(17)19/h6-9H,4-5,10H2,1-3H3,(H,16,18). The normalized spacial score (nSPS) is 23.4. The molecule has 2 rings (SSSR count). The van der Waals surface area contributed by atoms with Crippen molar-refractivity contribution in [3.8, 4) is 0 Å². The van der Waals surface area contributed by atoms with E-state index < -0.39 is 5.54 Å². The second kappa shape index (κ2) is 5.03. The highest BCUT2D eigenvalue weighted by molar-refractivity contribution is 6.09. The minimum atomic E-state index is -0.795. The molecule has 102 valence electrons. The first-order valence-electron chi connectivity index (χ1n) is 6.72. The van der Waals surface area contributed by atoms with Crippen LogP contribution in [0.1, 0.15) is 32.8 Å². The van der Waals surface area contributed by atoms with E-state index in [1.807, 2.05) is 38.1 Å². The molecular formula is C15H20N2O2. The van der Waals surface area contributed by atoms with Crippen LogP contribution < -0.4 is 10.2 Å². The molecule has 1 aliphatic heterocycles. The number of hydrogen-bond acceptors (Lipinski definition) is 2. The summed E-state index contributed by atoms with van der Waals surface area (Å²) >= 11 is 0. The van der Waals surface area contributed by atoms with Gasteiger partial charge in [-0.3, -0.25) is 9.59 Å². The van der Waals surface area contributed by atoms with Gasteiger partial charge < -0.3 is 10.2 Å². The SMILES string of the molecule is CCc1ccccc1N1CC(=O)NC(C)(CC)C1=O. The molecule has 1 aliphatic rings. The van der Waals surface area contributed by atoms with Gasteiger partial charge in [-0.25, -0.2) is 0 Å². The lowest BCUT2D eigenvalue weighted by atomic mass is 9.93. The van der Waals surface area contributed by atoms with Gasteiger partial charge >= 0.3 is 0 Å². The second-order valence-corrected chi connectivity index (χ2v) is 5.11.